The average molecular weight is 241 g/mol. The van der Waals surface area contributed by atoms with Crippen LogP contribution in [0.5, 0.6) is 0 Å². The summed E-state index contributed by atoms with van der Waals surface area (Å²) in [5.74, 6) is -0.0774. The highest BCUT2D eigenvalue weighted by Gasteiger charge is 2.10. The number of hydrogen-bond acceptors (Lipinski definition) is 3. The van der Waals surface area contributed by atoms with Crippen LogP contribution >= 0.6 is 23.2 Å². The first kappa shape index (κ1) is 10.3. The highest BCUT2D eigenvalue weighted by Crippen LogP contribution is 2.25. The number of carbonyl (C=O) groups excluding carboxylic acids is 1. The zero-order valence-electron chi connectivity index (χ0n) is 7.79. The van der Waals surface area contributed by atoms with Gasteiger partial charge in [0.1, 0.15) is 10.3 Å². The number of ketones is 1. The number of carbonyl (C=O) groups is 1. The van der Waals surface area contributed by atoms with E-state index in [9.17, 15) is 4.79 Å². The minimum Gasteiger partial charge on any atom is -0.294 e. The van der Waals surface area contributed by atoms with Gasteiger partial charge in [0, 0.05) is 28.7 Å². The Bertz CT molecular complexity index is 554. The number of pyridine rings is 2. The summed E-state index contributed by atoms with van der Waals surface area (Å²) < 4.78 is 0. The zero-order chi connectivity index (χ0) is 11.0. The van der Waals surface area contributed by atoms with Gasteiger partial charge in [-0.15, -0.1) is 0 Å². The summed E-state index contributed by atoms with van der Waals surface area (Å²) in [4.78, 5) is 19.2. The van der Waals surface area contributed by atoms with Gasteiger partial charge in [0.25, 0.3) is 0 Å². The second-order valence-corrected chi connectivity index (χ2v) is 3.82. The molecule has 0 saturated heterocycles. The molecule has 2 rings (SSSR count). The molecular weight excluding hydrogens is 235 g/mol. The predicted molar refractivity (Wildman–Crippen MR) is 59.6 cm³/mol. The Morgan fingerprint density at radius 1 is 1.20 bits per heavy atom. The molecule has 0 bridgehead atoms. The predicted octanol–water partition coefficient (Wildman–Crippen LogP) is 3.14. The van der Waals surface area contributed by atoms with E-state index in [0.29, 0.717) is 26.6 Å². The summed E-state index contributed by atoms with van der Waals surface area (Å²) in [6, 6.07) is 1.61. The summed E-state index contributed by atoms with van der Waals surface area (Å²) in [5, 5.41) is 1.96. The van der Waals surface area contributed by atoms with Gasteiger partial charge in [-0.25, -0.2) is 9.97 Å². The van der Waals surface area contributed by atoms with Crippen molar-refractivity contribution < 1.29 is 4.79 Å². The van der Waals surface area contributed by atoms with E-state index in [1.165, 1.54) is 19.3 Å². The van der Waals surface area contributed by atoms with Gasteiger partial charge in [-0.1, -0.05) is 23.2 Å². The van der Waals surface area contributed by atoms with E-state index < -0.39 is 0 Å². The van der Waals surface area contributed by atoms with Crippen molar-refractivity contribution in [3.05, 3.63) is 34.3 Å². The number of hydrogen-bond donors (Lipinski definition) is 0. The lowest BCUT2D eigenvalue weighted by Gasteiger charge is -2.04. The zero-order valence-corrected chi connectivity index (χ0v) is 9.30. The summed E-state index contributed by atoms with van der Waals surface area (Å²) in [5.41, 5.74) is 0.499. The molecule has 2 aromatic heterocycles. The maximum Gasteiger partial charge on any atom is 0.161 e. The summed E-state index contributed by atoms with van der Waals surface area (Å²) >= 11 is 11.6. The topological polar surface area (TPSA) is 42.9 Å². The number of rotatable bonds is 1. The van der Waals surface area contributed by atoms with E-state index in [-0.39, 0.29) is 5.78 Å². The third-order valence-electron chi connectivity index (χ3n) is 2.07. The number of Topliss-reactive ketones (excluding diaryl/α,β-unsaturated/α-hetero) is 1. The van der Waals surface area contributed by atoms with Crippen LogP contribution in [0.4, 0.5) is 0 Å². The van der Waals surface area contributed by atoms with Crippen molar-refractivity contribution in [2.24, 2.45) is 0 Å². The first-order valence-corrected chi connectivity index (χ1v) is 4.96. The SMILES string of the molecule is CC(=O)c1cnc(Cl)c2cnc(Cl)cc12. The van der Waals surface area contributed by atoms with E-state index >= 15 is 0 Å². The Balaban J connectivity index is 2.90. The van der Waals surface area contributed by atoms with Crippen molar-refractivity contribution in [3.8, 4) is 0 Å². The fraction of sp³-hybridized carbons (Fsp3) is 0.100. The molecular formula is C10H6Cl2N2O. The lowest BCUT2D eigenvalue weighted by Crippen LogP contribution is -1.96. The fourth-order valence-corrected chi connectivity index (χ4v) is 1.72. The molecule has 0 aliphatic heterocycles. The standard InChI is InChI=1S/C10H6Cl2N2O/c1-5(15)7-3-14-10(12)8-4-13-9(11)2-6(7)8/h2-4H,1H3. The fourth-order valence-electron chi connectivity index (χ4n) is 1.36. The van der Waals surface area contributed by atoms with Gasteiger partial charge in [0.15, 0.2) is 5.78 Å². The van der Waals surface area contributed by atoms with Crippen LogP contribution in [0.15, 0.2) is 18.5 Å². The van der Waals surface area contributed by atoms with Gasteiger partial charge in [-0.2, -0.15) is 0 Å². The quantitative estimate of drug-likeness (QED) is 0.569. The van der Waals surface area contributed by atoms with E-state index in [1.807, 2.05) is 0 Å². The average Bonchev–Trinajstić information content (AvgIpc) is 2.17. The van der Waals surface area contributed by atoms with Crippen LogP contribution in [0.2, 0.25) is 10.3 Å². The van der Waals surface area contributed by atoms with Gasteiger partial charge in [-0.3, -0.25) is 4.79 Å². The van der Waals surface area contributed by atoms with Crippen LogP contribution in [0.1, 0.15) is 17.3 Å². The minimum absolute atomic E-state index is 0.0774. The van der Waals surface area contributed by atoms with Gasteiger partial charge >= 0.3 is 0 Å². The molecule has 0 amide bonds. The summed E-state index contributed by atoms with van der Waals surface area (Å²) in [6.07, 6.45) is 2.96. The lowest BCUT2D eigenvalue weighted by molar-refractivity contribution is 0.101. The molecule has 0 spiro atoms. The van der Waals surface area contributed by atoms with Gasteiger partial charge in [0.05, 0.1) is 0 Å². The van der Waals surface area contributed by atoms with Crippen molar-refractivity contribution in [1.29, 1.82) is 0 Å². The molecule has 0 aliphatic rings. The maximum atomic E-state index is 11.3. The molecule has 0 aliphatic carbocycles. The van der Waals surface area contributed by atoms with Crippen molar-refractivity contribution in [2.45, 2.75) is 6.92 Å². The highest BCUT2D eigenvalue weighted by atomic mass is 35.5. The second-order valence-electron chi connectivity index (χ2n) is 3.07. The van der Waals surface area contributed by atoms with Gasteiger partial charge in [-0.05, 0) is 13.0 Å². The largest absolute Gasteiger partial charge is 0.294 e. The molecule has 76 valence electrons. The van der Waals surface area contributed by atoms with Crippen LogP contribution in [-0.2, 0) is 0 Å². The third kappa shape index (κ3) is 1.80. The molecule has 0 N–H and O–H groups in total. The van der Waals surface area contributed by atoms with Crippen LogP contribution in [-0.4, -0.2) is 15.8 Å². The first-order valence-electron chi connectivity index (χ1n) is 4.20. The van der Waals surface area contributed by atoms with Crippen LogP contribution in [0.25, 0.3) is 10.8 Å². The van der Waals surface area contributed by atoms with E-state index in [1.54, 1.807) is 6.07 Å². The Morgan fingerprint density at radius 2 is 1.93 bits per heavy atom. The molecule has 0 fully saturated rings. The summed E-state index contributed by atoms with van der Waals surface area (Å²) in [7, 11) is 0. The first-order chi connectivity index (χ1) is 7.09. The van der Waals surface area contributed by atoms with Crippen LogP contribution in [0, 0.1) is 0 Å². The highest BCUT2D eigenvalue weighted by molar-refractivity contribution is 6.35. The molecule has 0 aromatic carbocycles. The molecule has 3 nitrogen and oxygen atoms in total. The van der Waals surface area contributed by atoms with E-state index in [4.69, 9.17) is 23.2 Å². The second kappa shape index (κ2) is 3.76. The molecule has 0 atom stereocenters. The van der Waals surface area contributed by atoms with E-state index in [2.05, 4.69) is 9.97 Å². The van der Waals surface area contributed by atoms with Crippen LogP contribution in [0.3, 0.4) is 0 Å². The Hall–Kier alpha value is -1.19. The number of aromatic nitrogens is 2. The molecule has 0 radical (unpaired) electrons. The molecule has 0 unspecified atom stereocenters. The molecule has 2 aromatic rings. The number of halogens is 2. The monoisotopic (exact) mass is 240 g/mol. The van der Waals surface area contributed by atoms with E-state index in [0.717, 1.165) is 0 Å². The Kier molecular flexibility index (Phi) is 2.59. The van der Waals surface area contributed by atoms with Gasteiger partial charge in [0.2, 0.25) is 0 Å². The minimum atomic E-state index is -0.0774. The Labute approximate surface area is 96.1 Å². The third-order valence-corrected chi connectivity index (χ3v) is 2.58. The van der Waals surface area contributed by atoms with Crippen molar-refractivity contribution >= 4 is 39.8 Å². The summed E-state index contributed by atoms with van der Waals surface area (Å²) in [6.45, 7) is 1.47. The van der Waals surface area contributed by atoms with Crippen molar-refractivity contribution in [1.82, 2.24) is 9.97 Å². The maximum absolute atomic E-state index is 11.3. The number of nitrogens with zero attached hydrogens (tertiary/aromatic N) is 2. The van der Waals surface area contributed by atoms with Crippen molar-refractivity contribution in [3.63, 3.8) is 0 Å². The molecule has 2 heterocycles. The normalized spacial score (nSPS) is 10.6. The molecule has 15 heavy (non-hydrogen) atoms. The van der Waals surface area contributed by atoms with Crippen LogP contribution < -0.4 is 0 Å². The smallest absolute Gasteiger partial charge is 0.161 e. The molecule has 5 heteroatoms. The lowest BCUT2D eigenvalue weighted by atomic mass is 10.1. The van der Waals surface area contributed by atoms with Crippen molar-refractivity contribution in [2.75, 3.05) is 0 Å². The van der Waals surface area contributed by atoms with Gasteiger partial charge < -0.3 is 0 Å². The molecule has 0 saturated carbocycles. The number of fused-ring (bicyclic) bond motifs is 1. The Morgan fingerprint density at radius 3 is 2.60 bits per heavy atom.